The molecule has 0 unspecified atom stereocenters. The van der Waals surface area contributed by atoms with Crippen LogP contribution in [0.5, 0.6) is 0 Å². The van der Waals surface area contributed by atoms with Gasteiger partial charge in [-0.3, -0.25) is 0 Å². The number of anilines is 2. The third-order valence-corrected chi connectivity index (χ3v) is 2.91. The summed E-state index contributed by atoms with van der Waals surface area (Å²) < 4.78 is 12.8. The summed E-state index contributed by atoms with van der Waals surface area (Å²) >= 11 is 0. The monoisotopic (exact) mass is 288 g/mol. The first-order valence-corrected chi connectivity index (χ1v) is 7.13. The van der Waals surface area contributed by atoms with Crippen molar-refractivity contribution in [3.05, 3.63) is 47.5 Å². The Morgan fingerprint density at radius 3 is 2.43 bits per heavy atom. The van der Waals surface area contributed by atoms with Crippen molar-refractivity contribution in [3.8, 4) is 0 Å². The molecule has 112 valence electrons. The van der Waals surface area contributed by atoms with E-state index in [-0.39, 0.29) is 5.82 Å². The number of aromatic nitrogens is 2. The number of halogens is 1. The molecule has 2 rings (SSSR count). The van der Waals surface area contributed by atoms with Crippen LogP contribution in [0.25, 0.3) is 0 Å². The van der Waals surface area contributed by atoms with Crippen LogP contribution < -0.4 is 10.6 Å². The minimum atomic E-state index is -0.206. The number of benzene rings is 1. The molecule has 0 radical (unpaired) electrons. The predicted molar refractivity (Wildman–Crippen MR) is 84.1 cm³/mol. The molecule has 1 aromatic carbocycles. The second kappa shape index (κ2) is 7.02. The lowest BCUT2D eigenvalue weighted by atomic mass is 10.1. The van der Waals surface area contributed by atoms with Gasteiger partial charge in [0.1, 0.15) is 23.3 Å². The summed E-state index contributed by atoms with van der Waals surface area (Å²) in [5.41, 5.74) is 1.09. The highest BCUT2D eigenvalue weighted by atomic mass is 19.1. The molecule has 1 aromatic heterocycles. The topological polar surface area (TPSA) is 49.8 Å². The minimum absolute atomic E-state index is 0.206. The lowest BCUT2D eigenvalue weighted by Crippen LogP contribution is -2.13. The van der Waals surface area contributed by atoms with Gasteiger partial charge in [0.2, 0.25) is 0 Å². The molecular weight excluding hydrogens is 267 g/mol. The van der Waals surface area contributed by atoms with Crippen molar-refractivity contribution >= 4 is 11.6 Å². The first-order chi connectivity index (χ1) is 10.0. The molecule has 0 aliphatic heterocycles. The van der Waals surface area contributed by atoms with Crippen molar-refractivity contribution in [2.24, 2.45) is 0 Å². The minimum Gasteiger partial charge on any atom is -0.370 e. The number of hydrogen-bond acceptors (Lipinski definition) is 4. The molecule has 1 heterocycles. The maximum atomic E-state index is 12.8. The van der Waals surface area contributed by atoms with E-state index in [0.29, 0.717) is 6.04 Å². The largest absolute Gasteiger partial charge is 0.370 e. The highest BCUT2D eigenvalue weighted by molar-refractivity contribution is 5.48. The molecule has 4 nitrogen and oxygen atoms in total. The normalized spacial score (nSPS) is 10.7. The van der Waals surface area contributed by atoms with Crippen LogP contribution in [-0.2, 0) is 6.42 Å². The summed E-state index contributed by atoms with van der Waals surface area (Å²) in [6, 6.07) is 8.79. The van der Waals surface area contributed by atoms with Gasteiger partial charge in [-0.05, 0) is 44.9 Å². The van der Waals surface area contributed by atoms with Crippen LogP contribution in [0.2, 0.25) is 0 Å². The van der Waals surface area contributed by atoms with Crippen LogP contribution in [-0.4, -0.2) is 22.6 Å². The van der Waals surface area contributed by atoms with E-state index in [1.165, 1.54) is 12.1 Å². The Labute approximate surface area is 124 Å². The fraction of sp³-hybridized carbons (Fsp3) is 0.375. The molecule has 21 heavy (non-hydrogen) atoms. The number of nitrogens with one attached hydrogen (secondary N) is 2. The van der Waals surface area contributed by atoms with E-state index < -0.39 is 0 Å². The highest BCUT2D eigenvalue weighted by Gasteiger charge is 2.03. The number of hydrogen-bond donors (Lipinski definition) is 2. The average Bonchev–Trinajstić information content (AvgIpc) is 2.39. The maximum Gasteiger partial charge on any atom is 0.131 e. The predicted octanol–water partition coefficient (Wildman–Crippen LogP) is 3.40. The standard InChI is InChI=1S/C16H21FN4/c1-11(2)19-16-10-15(20-12(3)21-16)18-9-8-13-4-6-14(17)7-5-13/h4-7,10-11H,8-9H2,1-3H3,(H2,18,19,20,21). The molecule has 5 heteroatoms. The molecule has 0 spiro atoms. The quantitative estimate of drug-likeness (QED) is 0.855. The van der Waals surface area contributed by atoms with Crippen LogP contribution in [0.1, 0.15) is 25.2 Å². The lowest BCUT2D eigenvalue weighted by Gasteiger charge is -2.12. The third kappa shape index (κ3) is 5.02. The van der Waals surface area contributed by atoms with Gasteiger partial charge in [0.15, 0.2) is 0 Å². The van der Waals surface area contributed by atoms with Crippen molar-refractivity contribution in [2.45, 2.75) is 33.2 Å². The van der Waals surface area contributed by atoms with Crippen molar-refractivity contribution in [1.29, 1.82) is 0 Å². The molecule has 2 aromatic rings. The molecule has 2 N–H and O–H groups in total. The van der Waals surface area contributed by atoms with Gasteiger partial charge in [0, 0.05) is 18.7 Å². The zero-order valence-corrected chi connectivity index (χ0v) is 12.7. The molecule has 0 bridgehead atoms. The van der Waals surface area contributed by atoms with Crippen molar-refractivity contribution in [3.63, 3.8) is 0 Å². The first-order valence-electron chi connectivity index (χ1n) is 7.13. The summed E-state index contributed by atoms with van der Waals surface area (Å²) in [6.07, 6.45) is 0.816. The Bertz CT molecular complexity index is 581. The second-order valence-corrected chi connectivity index (χ2v) is 5.29. The summed E-state index contributed by atoms with van der Waals surface area (Å²) in [7, 11) is 0. The molecular formula is C16H21FN4. The zero-order valence-electron chi connectivity index (χ0n) is 12.7. The average molecular weight is 288 g/mol. The van der Waals surface area contributed by atoms with Gasteiger partial charge < -0.3 is 10.6 Å². The Morgan fingerprint density at radius 1 is 1.10 bits per heavy atom. The van der Waals surface area contributed by atoms with E-state index >= 15 is 0 Å². The van der Waals surface area contributed by atoms with Gasteiger partial charge in [-0.25, -0.2) is 14.4 Å². The third-order valence-electron chi connectivity index (χ3n) is 2.91. The fourth-order valence-electron chi connectivity index (χ4n) is 2.01. The van der Waals surface area contributed by atoms with Gasteiger partial charge in [0.05, 0.1) is 0 Å². The lowest BCUT2D eigenvalue weighted by molar-refractivity contribution is 0.627. The molecule has 0 fully saturated rings. The molecule has 0 aliphatic rings. The van der Waals surface area contributed by atoms with Gasteiger partial charge in [-0.15, -0.1) is 0 Å². The van der Waals surface area contributed by atoms with Crippen LogP contribution in [0.4, 0.5) is 16.0 Å². The number of nitrogens with zero attached hydrogens (tertiary/aromatic N) is 2. The summed E-state index contributed by atoms with van der Waals surface area (Å²) in [6.45, 7) is 6.75. The fourth-order valence-corrected chi connectivity index (χ4v) is 2.01. The number of rotatable bonds is 6. The maximum absolute atomic E-state index is 12.8. The van der Waals surface area contributed by atoms with E-state index in [9.17, 15) is 4.39 Å². The molecule has 0 saturated carbocycles. The molecule has 0 aliphatic carbocycles. The second-order valence-electron chi connectivity index (χ2n) is 5.29. The van der Waals surface area contributed by atoms with Crippen molar-refractivity contribution in [2.75, 3.05) is 17.2 Å². The Hall–Kier alpha value is -2.17. The van der Waals surface area contributed by atoms with Gasteiger partial charge in [0.25, 0.3) is 0 Å². The summed E-state index contributed by atoms with van der Waals surface area (Å²) in [5, 5.41) is 6.54. The van der Waals surface area contributed by atoms with E-state index in [0.717, 1.165) is 36.0 Å². The van der Waals surface area contributed by atoms with Gasteiger partial charge in [-0.2, -0.15) is 0 Å². The number of aryl methyl sites for hydroxylation is 1. The van der Waals surface area contributed by atoms with Crippen LogP contribution in [0.3, 0.4) is 0 Å². The molecule has 0 atom stereocenters. The van der Waals surface area contributed by atoms with Crippen LogP contribution in [0, 0.1) is 12.7 Å². The zero-order chi connectivity index (χ0) is 15.2. The van der Waals surface area contributed by atoms with Crippen LogP contribution >= 0.6 is 0 Å². The van der Waals surface area contributed by atoms with E-state index in [1.807, 2.05) is 13.0 Å². The van der Waals surface area contributed by atoms with Crippen LogP contribution in [0.15, 0.2) is 30.3 Å². The Balaban J connectivity index is 1.93. The smallest absolute Gasteiger partial charge is 0.131 e. The highest BCUT2D eigenvalue weighted by Crippen LogP contribution is 2.12. The van der Waals surface area contributed by atoms with E-state index in [1.54, 1.807) is 12.1 Å². The summed E-state index contributed by atoms with van der Waals surface area (Å²) in [5.74, 6) is 2.14. The summed E-state index contributed by atoms with van der Waals surface area (Å²) in [4.78, 5) is 8.71. The van der Waals surface area contributed by atoms with Crippen molar-refractivity contribution in [1.82, 2.24) is 9.97 Å². The van der Waals surface area contributed by atoms with Gasteiger partial charge in [-0.1, -0.05) is 12.1 Å². The SMILES string of the molecule is Cc1nc(NCCc2ccc(F)cc2)cc(NC(C)C)n1. The Morgan fingerprint density at radius 2 is 1.76 bits per heavy atom. The van der Waals surface area contributed by atoms with Crippen molar-refractivity contribution < 1.29 is 4.39 Å². The molecule has 0 saturated heterocycles. The van der Waals surface area contributed by atoms with E-state index in [2.05, 4.69) is 34.4 Å². The first kappa shape index (κ1) is 15.2. The molecule has 0 amide bonds. The van der Waals surface area contributed by atoms with E-state index in [4.69, 9.17) is 0 Å². The Kier molecular flexibility index (Phi) is 5.09. The van der Waals surface area contributed by atoms with Gasteiger partial charge >= 0.3 is 0 Å².